The van der Waals surface area contributed by atoms with Crippen molar-refractivity contribution in [1.29, 1.82) is 0 Å². The smallest absolute Gasteiger partial charge is 0.0264 e. The number of hydrogen-bond donors (Lipinski definition) is 1. The standard InChI is InChI=1S/C16H29N3/c1-2-9-18-11-8-16(15(18)5-1)19-10-3-4-14(12-19)17-13-6-7-13/h13-17H,1-12H2. The molecule has 1 N–H and O–H groups in total. The quantitative estimate of drug-likeness (QED) is 0.838. The van der Waals surface area contributed by atoms with E-state index in [0.29, 0.717) is 0 Å². The summed E-state index contributed by atoms with van der Waals surface area (Å²) in [4.78, 5) is 5.63. The highest BCUT2D eigenvalue weighted by molar-refractivity contribution is 4.98. The van der Waals surface area contributed by atoms with E-state index in [0.717, 1.165) is 24.2 Å². The highest BCUT2D eigenvalue weighted by atomic mass is 15.3. The van der Waals surface area contributed by atoms with Gasteiger partial charge in [-0.2, -0.15) is 0 Å². The molecule has 0 spiro atoms. The summed E-state index contributed by atoms with van der Waals surface area (Å²) < 4.78 is 0. The van der Waals surface area contributed by atoms with Crippen molar-refractivity contribution >= 4 is 0 Å². The minimum absolute atomic E-state index is 0.791. The Morgan fingerprint density at radius 1 is 0.632 bits per heavy atom. The summed E-state index contributed by atoms with van der Waals surface area (Å²) in [5, 5.41) is 3.86. The number of likely N-dealkylation sites (tertiary alicyclic amines) is 1. The Bertz CT molecular complexity index is 315. The minimum atomic E-state index is 0.791. The second-order valence-electron chi connectivity index (χ2n) is 7.23. The predicted molar refractivity (Wildman–Crippen MR) is 78.4 cm³/mol. The molecule has 0 amide bonds. The summed E-state index contributed by atoms with van der Waals surface area (Å²) >= 11 is 0. The van der Waals surface area contributed by atoms with Crippen molar-refractivity contribution in [3.8, 4) is 0 Å². The van der Waals surface area contributed by atoms with Crippen LogP contribution in [0, 0.1) is 0 Å². The lowest BCUT2D eigenvalue weighted by Gasteiger charge is -2.42. The molecule has 4 fully saturated rings. The molecule has 19 heavy (non-hydrogen) atoms. The second kappa shape index (κ2) is 5.34. The van der Waals surface area contributed by atoms with Crippen LogP contribution in [0.15, 0.2) is 0 Å². The van der Waals surface area contributed by atoms with Gasteiger partial charge in [0, 0.05) is 37.3 Å². The Balaban J connectivity index is 1.37. The van der Waals surface area contributed by atoms with E-state index in [4.69, 9.17) is 0 Å². The van der Waals surface area contributed by atoms with Gasteiger partial charge < -0.3 is 5.32 Å². The fourth-order valence-corrected chi connectivity index (χ4v) is 4.67. The van der Waals surface area contributed by atoms with Crippen molar-refractivity contribution in [2.24, 2.45) is 0 Å². The van der Waals surface area contributed by atoms with Gasteiger partial charge in [0.1, 0.15) is 0 Å². The van der Waals surface area contributed by atoms with E-state index < -0.39 is 0 Å². The molecule has 4 aliphatic rings. The van der Waals surface area contributed by atoms with Crippen molar-refractivity contribution in [1.82, 2.24) is 15.1 Å². The number of hydrogen-bond acceptors (Lipinski definition) is 3. The Morgan fingerprint density at radius 3 is 2.37 bits per heavy atom. The molecule has 3 unspecified atom stereocenters. The van der Waals surface area contributed by atoms with Crippen molar-refractivity contribution in [2.75, 3.05) is 26.2 Å². The lowest BCUT2D eigenvalue weighted by Crippen LogP contribution is -2.54. The van der Waals surface area contributed by atoms with Crippen LogP contribution in [-0.2, 0) is 0 Å². The van der Waals surface area contributed by atoms with Gasteiger partial charge in [-0.05, 0) is 58.0 Å². The predicted octanol–water partition coefficient (Wildman–Crippen LogP) is 1.83. The van der Waals surface area contributed by atoms with E-state index >= 15 is 0 Å². The van der Waals surface area contributed by atoms with Gasteiger partial charge in [-0.15, -0.1) is 0 Å². The van der Waals surface area contributed by atoms with Crippen LogP contribution in [0.5, 0.6) is 0 Å². The lowest BCUT2D eigenvalue weighted by atomic mass is 9.95. The zero-order valence-electron chi connectivity index (χ0n) is 12.2. The minimum Gasteiger partial charge on any atom is -0.310 e. The largest absolute Gasteiger partial charge is 0.310 e. The monoisotopic (exact) mass is 263 g/mol. The first kappa shape index (κ1) is 12.6. The third-order valence-electron chi connectivity index (χ3n) is 5.79. The molecule has 3 aliphatic heterocycles. The first-order valence-electron chi connectivity index (χ1n) is 8.64. The summed E-state index contributed by atoms with van der Waals surface area (Å²) in [6.07, 6.45) is 11.5. The number of nitrogens with zero attached hydrogens (tertiary/aromatic N) is 2. The highest BCUT2D eigenvalue weighted by Crippen LogP contribution is 2.32. The maximum absolute atomic E-state index is 3.86. The average Bonchev–Trinajstić information content (AvgIpc) is 3.16. The van der Waals surface area contributed by atoms with Gasteiger partial charge in [-0.25, -0.2) is 0 Å². The van der Waals surface area contributed by atoms with E-state index in [1.807, 2.05) is 0 Å². The molecular formula is C16H29N3. The number of nitrogens with one attached hydrogen (secondary N) is 1. The molecule has 3 nitrogen and oxygen atoms in total. The number of piperidine rings is 2. The third-order valence-corrected chi connectivity index (χ3v) is 5.79. The van der Waals surface area contributed by atoms with Crippen LogP contribution >= 0.6 is 0 Å². The Labute approximate surface area is 117 Å². The van der Waals surface area contributed by atoms with Crippen molar-refractivity contribution in [3.05, 3.63) is 0 Å². The first-order valence-corrected chi connectivity index (χ1v) is 8.64. The molecule has 3 heterocycles. The van der Waals surface area contributed by atoms with Crippen LogP contribution in [-0.4, -0.2) is 60.1 Å². The average molecular weight is 263 g/mol. The topological polar surface area (TPSA) is 18.5 Å². The third kappa shape index (κ3) is 2.70. The van der Waals surface area contributed by atoms with Gasteiger partial charge in [-0.3, -0.25) is 9.80 Å². The van der Waals surface area contributed by atoms with Crippen molar-refractivity contribution in [3.63, 3.8) is 0 Å². The fraction of sp³-hybridized carbons (Fsp3) is 1.00. The SMILES string of the molecule is C1CCN2CCC(N3CCCC(NC4CC4)C3)C2C1. The van der Waals surface area contributed by atoms with Crippen LogP contribution in [0.2, 0.25) is 0 Å². The molecule has 3 atom stereocenters. The van der Waals surface area contributed by atoms with Crippen LogP contribution in [0.1, 0.15) is 51.4 Å². The van der Waals surface area contributed by atoms with Gasteiger partial charge in [0.15, 0.2) is 0 Å². The van der Waals surface area contributed by atoms with Gasteiger partial charge in [-0.1, -0.05) is 6.42 Å². The van der Waals surface area contributed by atoms with Gasteiger partial charge >= 0.3 is 0 Å². The van der Waals surface area contributed by atoms with Gasteiger partial charge in [0.05, 0.1) is 0 Å². The zero-order chi connectivity index (χ0) is 12.7. The fourth-order valence-electron chi connectivity index (χ4n) is 4.67. The molecule has 3 heteroatoms. The molecule has 0 aromatic rings. The molecule has 3 saturated heterocycles. The Hall–Kier alpha value is -0.120. The van der Waals surface area contributed by atoms with E-state index in [1.54, 1.807) is 0 Å². The van der Waals surface area contributed by atoms with E-state index in [9.17, 15) is 0 Å². The molecule has 0 aromatic carbocycles. The molecule has 0 bridgehead atoms. The zero-order valence-corrected chi connectivity index (χ0v) is 12.2. The summed E-state index contributed by atoms with van der Waals surface area (Å²) in [5.74, 6) is 0. The number of rotatable bonds is 3. The molecule has 0 radical (unpaired) electrons. The van der Waals surface area contributed by atoms with Crippen LogP contribution < -0.4 is 5.32 Å². The second-order valence-corrected chi connectivity index (χ2v) is 7.23. The molecule has 0 aromatic heterocycles. The first-order chi connectivity index (χ1) is 9.40. The summed E-state index contributed by atoms with van der Waals surface area (Å²) in [7, 11) is 0. The lowest BCUT2D eigenvalue weighted by molar-refractivity contribution is 0.0864. The van der Waals surface area contributed by atoms with Gasteiger partial charge in [0.25, 0.3) is 0 Å². The van der Waals surface area contributed by atoms with Crippen LogP contribution in [0.3, 0.4) is 0 Å². The summed E-state index contributed by atoms with van der Waals surface area (Å²) in [5.41, 5.74) is 0. The molecule has 108 valence electrons. The molecule has 1 saturated carbocycles. The van der Waals surface area contributed by atoms with Crippen LogP contribution in [0.4, 0.5) is 0 Å². The Morgan fingerprint density at radius 2 is 1.47 bits per heavy atom. The summed E-state index contributed by atoms with van der Waals surface area (Å²) in [6.45, 7) is 5.43. The summed E-state index contributed by atoms with van der Waals surface area (Å²) in [6, 6.07) is 3.44. The molecule has 1 aliphatic carbocycles. The Kier molecular flexibility index (Phi) is 3.55. The molecule has 4 rings (SSSR count). The van der Waals surface area contributed by atoms with Gasteiger partial charge in [0.2, 0.25) is 0 Å². The van der Waals surface area contributed by atoms with E-state index in [1.165, 1.54) is 77.5 Å². The van der Waals surface area contributed by atoms with E-state index in [2.05, 4.69) is 15.1 Å². The molecular weight excluding hydrogens is 234 g/mol. The maximum Gasteiger partial charge on any atom is 0.0264 e. The highest BCUT2D eigenvalue weighted by Gasteiger charge is 2.40. The van der Waals surface area contributed by atoms with Crippen molar-refractivity contribution < 1.29 is 0 Å². The van der Waals surface area contributed by atoms with Crippen molar-refractivity contribution in [2.45, 2.75) is 75.5 Å². The number of fused-ring (bicyclic) bond motifs is 1. The maximum atomic E-state index is 3.86. The van der Waals surface area contributed by atoms with Crippen LogP contribution in [0.25, 0.3) is 0 Å². The van der Waals surface area contributed by atoms with E-state index in [-0.39, 0.29) is 0 Å². The normalized spacial score (nSPS) is 41.4.